The van der Waals surface area contributed by atoms with Crippen LogP contribution in [0.25, 0.3) is 0 Å². The summed E-state index contributed by atoms with van der Waals surface area (Å²) >= 11 is 0. The van der Waals surface area contributed by atoms with E-state index in [-0.39, 0.29) is 57.2 Å². The molecule has 0 bridgehead atoms. The second-order valence-electron chi connectivity index (χ2n) is 25.3. The number of guanidine groups is 1. The SMILES string of the molecule is CC[C@H](C)C1NC(=O)[C@@H](CCCNC(=N)N)NC(=O)[C@H](CC(C)C)NC(=O)[C@H]([C@H](O)C(C)C)NC(=O)[C@@H](NC(=O)C2(NC(=O)[C@H](N)COC(C)(C)C)CCCCC2)[C@@H](c2ccccc2)OC(=O)[C@H](CO)NC(=O)[C@H]([C@H](O)C(N)=O)NC(=O)CNC(=O)[C@H]([C@H](C)O)NC1=O. The molecule has 0 spiro atoms. The molecule has 1 unspecified atom stereocenters. The number of rotatable bonds is 21. The molecule has 1 saturated carbocycles. The number of aliphatic hydroxyl groups is 4. The monoisotopic (exact) mass is 1320 g/mol. The van der Waals surface area contributed by atoms with E-state index in [4.69, 9.17) is 32.1 Å². The van der Waals surface area contributed by atoms with Crippen molar-refractivity contribution < 1.29 is 87.4 Å². The molecule has 22 N–H and O–H groups in total. The fraction of sp³-hybridized carbons (Fsp3) is 0.683. The maximum Gasteiger partial charge on any atom is 0.331 e. The summed E-state index contributed by atoms with van der Waals surface area (Å²) in [5.41, 5.74) is 14.5. The lowest BCUT2D eigenvalue weighted by molar-refractivity contribution is -0.159. The van der Waals surface area contributed by atoms with E-state index in [9.17, 15) is 68.4 Å². The van der Waals surface area contributed by atoms with Gasteiger partial charge in [0.1, 0.15) is 53.9 Å². The summed E-state index contributed by atoms with van der Waals surface area (Å²) in [6, 6.07) is -9.54. The number of hydrogen-bond acceptors (Lipinski definition) is 20. The Balaban J connectivity index is 2.42. The van der Waals surface area contributed by atoms with Crippen molar-refractivity contribution in [2.45, 2.75) is 217 Å². The van der Waals surface area contributed by atoms with Crippen LogP contribution in [0.15, 0.2) is 30.3 Å². The zero-order chi connectivity index (χ0) is 70.2. The van der Waals surface area contributed by atoms with Gasteiger partial charge in [0.05, 0.1) is 37.6 Å². The van der Waals surface area contributed by atoms with E-state index in [1.807, 2.05) is 10.6 Å². The third kappa shape index (κ3) is 24.7. The number of carbonyl (C=O) groups excluding carboxylic acids is 12. The van der Waals surface area contributed by atoms with Gasteiger partial charge in [0.15, 0.2) is 24.2 Å². The van der Waals surface area contributed by atoms with Gasteiger partial charge in [-0.25, -0.2) is 4.79 Å². The maximum atomic E-state index is 15.5. The van der Waals surface area contributed by atoms with E-state index < -0.39 is 198 Å². The molecule has 33 nitrogen and oxygen atoms in total. The first-order chi connectivity index (χ1) is 43.5. The van der Waals surface area contributed by atoms with Crippen molar-refractivity contribution in [1.82, 2.24) is 58.5 Å². The number of primary amides is 1. The number of hydrogen-bond donors (Lipinski definition) is 19. The fourth-order valence-corrected chi connectivity index (χ4v) is 10.0. The van der Waals surface area contributed by atoms with Crippen molar-refractivity contribution in [2.75, 3.05) is 26.3 Å². The minimum absolute atomic E-state index is 0.0122. The molecule has 522 valence electrons. The number of ether oxygens (including phenoxy) is 2. The number of benzene rings is 1. The number of aliphatic hydroxyl groups excluding tert-OH is 4. The molecule has 93 heavy (non-hydrogen) atoms. The molecule has 2 fully saturated rings. The highest BCUT2D eigenvalue weighted by Gasteiger charge is 2.48. The predicted molar refractivity (Wildman–Crippen MR) is 334 cm³/mol. The van der Waals surface area contributed by atoms with E-state index in [1.54, 1.807) is 48.5 Å². The van der Waals surface area contributed by atoms with E-state index >= 15 is 9.59 Å². The highest BCUT2D eigenvalue weighted by Crippen LogP contribution is 2.31. The molecular weight excluding hydrogens is 1220 g/mol. The van der Waals surface area contributed by atoms with E-state index in [1.165, 1.54) is 44.2 Å². The van der Waals surface area contributed by atoms with Gasteiger partial charge in [-0.1, -0.05) is 97.6 Å². The molecule has 1 aliphatic heterocycles. The average Bonchev–Trinajstić information content (AvgIpc) is 0.815. The number of carbonyl (C=O) groups is 12. The smallest absolute Gasteiger partial charge is 0.331 e. The summed E-state index contributed by atoms with van der Waals surface area (Å²) in [4.78, 5) is 171. The molecule has 1 saturated heterocycles. The van der Waals surface area contributed by atoms with Gasteiger partial charge in [-0.15, -0.1) is 0 Å². The Bertz CT molecular complexity index is 2760. The molecule has 33 heteroatoms. The number of nitrogens with two attached hydrogens (primary N) is 3. The molecule has 0 radical (unpaired) electrons. The van der Waals surface area contributed by atoms with Crippen LogP contribution in [0.1, 0.15) is 139 Å². The third-order valence-corrected chi connectivity index (χ3v) is 15.6. The van der Waals surface area contributed by atoms with Crippen LogP contribution in [0.5, 0.6) is 0 Å². The van der Waals surface area contributed by atoms with Crippen molar-refractivity contribution in [3.63, 3.8) is 0 Å². The van der Waals surface area contributed by atoms with Gasteiger partial charge in [0.25, 0.3) is 0 Å². The van der Waals surface area contributed by atoms with Gasteiger partial charge in [0.2, 0.25) is 65.0 Å². The van der Waals surface area contributed by atoms with Crippen LogP contribution in [-0.2, 0) is 67.0 Å². The van der Waals surface area contributed by atoms with Gasteiger partial charge >= 0.3 is 5.97 Å². The minimum Gasteiger partial charge on any atom is -0.453 e. The first kappa shape index (κ1) is 79.1. The van der Waals surface area contributed by atoms with Crippen molar-refractivity contribution in [3.8, 4) is 0 Å². The first-order valence-corrected chi connectivity index (χ1v) is 31.2. The molecule has 1 aromatic carbocycles. The Morgan fingerprint density at radius 3 is 1.84 bits per heavy atom. The highest BCUT2D eigenvalue weighted by molar-refractivity contribution is 6.01. The lowest BCUT2D eigenvalue weighted by atomic mass is 9.80. The van der Waals surface area contributed by atoms with Crippen molar-refractivity contribution in [2.24, 2.45) is 35.0 Å². The van der Waals surface area contributed by atoms with Crippen LogP contribution in [-0.4, -0.2) is 207 Å². The fourth-order valence-electron chi connectivity index (χ4n) is 10.0. The van der Waals surface area contributed by atoms with Crippen LogP contribution >= 0.6 is 0 Å². The molecule has 14 atom stereocenters. The Labute approximate surface area is 540 Å². The zero-order valence-electron chi connectivity index (χ0n) is 54.6. The topological polar surface area (TPSA) is 538 Å². The van der Waals surface area contributed by atoms with Gasteiger partial charge < -0.3 is 106 Å². The standard InChI is InChI=1S/C60H99N15O18/c1-11-31(6)39-52(86)72-40(32(7)77)51(85)66-26-38(78)70-42(45(80)47(62)81)54(88)69-37(27-76)56(90)93-46(33-19-14-12-15-20-33)43(74-57(91)60(22-16-13-17-23-60)75-48(82)34(61)28-92-59(8,9)10)55(89)73-41(44(79)30(4)5)53(87)68-36(25-29(2)3)50(84)67-35(49(83)71-39)21-18-24-65-58(63)64/h12,14-15,19-20,29-32,34-37,39-46,76-77,79-80H,11,13,16-18,21-28,61H2,1-10H3,(H2,62,81)(H,66,85)(H,67,84)(H,68,87)(H,69,88)(H,70,78)(H,71,83)(H,72,86)(H,73,89)(H,74,91)(H,75,82)(H4,63,64,65)/t31-,32-,34+,35+,36-,37-,39?,40-,41-,42-,43-,44+,45-,46+/m0/s1. The Morgan fingerprint density at radius 1 is 0.731 bits per heavy atom. The van der Waals surface area contributed by atoms with Gasteiger partial charge in [0, 0.05) is 6.54 Å². The van der Waals surface area contributed by atoms with E-state index in [0.717, 1.165) is 6.92 Å². The Hall–Kier alpha value is -8.11. The summed E-state index contributed by atoms with van der Waals surface area (Å²) in [5.74, 6) is -17.0. The molecule has 3 rings (SSSR count). The minimum atomic E-state index is -2.58. The lowest BCUT2D eigenvalue weighted by Gasteiger charge is -2.39. The van der Waals surface area contributed by atoms with Crippen molar-refractivity contribution >= 4 is 76.9 Å². The molecule has 0 aromatic heterocycles. The average molecular weight is 1320 g/mol. The second kappa shape index (κ2) is 37.0. The first-order valence-electron chi connectivity index (χ1n) is 31.2. The van der Waals surface area contributed by atoms with Crippen LogP contribution in [0.4, 0.5) is 0 Å². The van der Waals surface area contributed by atoms with Crippen LogP contribution in [0.3, 0.4) is 0 Å². The quantitative estimate of drug-likeness (QED) is 0.0237. The molecule has 1 heterocycles. The van der Waals surface area contributed by atoms with Crippen molar-refractivity contribution in [1.29, 1.82) is 5.41 Å². The predicted octanol–water partition coefficient (Wildman–Crippen LogP) is -5.17. The molecule has 2 aliphatic rings. The van der Waals surface area contributed by atoms with Crippen LogP contribution in [0, 0.1) is 23.2 Å². The summed E-state index contributed by atoms with van der Waals surface area (Å²) in [5, 5.41) is 78.8. The number of amides is 11. The third-order valence-electron chi connectivity index (χ3n) is 15.6. The van der Waals surface area contributed by atoms with Crippen LogP contribution < -0.4 is 75.7 Å². The largest absolute Gasteiger partial charge is 0.453 e. The Kier molecular flexibility index (Phi) is 31.4. The number of esters is 1. The second-order valence-corrected chi connectivity index (χ2v) is 25.3. The van der Waals surface area contributed by atoms with Gasteiger partial charge in [-0.3, -0.25) is 58.1 Å². The van der Waals surface area contributed by atoms with Gasteiger partial charge in [-0.2, -0.15) is 0 Å². The summed E-state index contributed by atoms with van der Waals surface area (Å²) < 4.78 is 11.7. The molecule has 1 aliphatic carbocycles. The molecule has 1 aromatic rings. The molecule has 11 amide bonds. The number of cyclic esters (lactones) is 1. The van der Waals surface area contributed by atoms with Crippen LogP contribution in [0.2, 0.25) is 0 Å². The van der Waals surface area contributed by atoms with E-state index in [0.29, 0.717) is 19.3 Å². The lowest BCUT2D eigenvalue weighted by Crippen LogP contribution is -2.67. The highest BCUT2D eigenvalue weighted by atomic mass is 16.5. The maximum absolute atomic E-state index is 15.5. The van der Waals surface area contributed by atoms with Gasteiger partial charge in [-0.05, 0) is 83.1 Å². The summed E-state index contributed by atoms with van der Waals surface area (Å²) in [6.45, 7) is 13.2. The molecular formula is C60H99N15O18. The normalized spacial score (nSPS) is 25.6. The number of nitrogens with one attached hydrogen (secondary N) is 12. The zero-order valence-corrected chi connectivity index (χ0v) is 54.6. The van der Waals surface area contributed by atoms with Crippen molar-refractivity contribution in [3.05, 3.63) is 35.9 Å². The van der Waals surface area contributed by atoms with E-state index in [2.05, 4.69) is 47.9 Å². The Morgan fingerprint density at radius 2 is 1.29 bits per heavy atom. The summed E-state index contributed by atoms with van der Waals surface area (Å²) in [6.07, 6.45) is -6.91. The summed E-state index contributed by atoms with van der Waals surface area (Å²) in [7, 11) is 0.